The molecular formula is C16H23N3OS. The van der Waals surface area contributed by atoms with Crippen molar-refractivity contribution in [1.82, 2.24) is 4.90 Å². The molecule has 0 aliphatic heterocycles. The maximum atomic E-state index is 11.1. The number of carbonyl (C=O) groups is 1. The minimum atomic E-state index is -0.308. The zero-order valence-corrected chi connectivity index (χ0v) is 13.3. The molecule has 0 spiro atoms. The van der Waals surface area contributed by atoms with E-state index in [1.165, 1.54) is 43.9 Å². The molecule has 0 atom stereocenters. The number of para-hydroxylation sites is 1. The van der Waals surface area contributed by atoms with E-state index in [0.29, 0.717) is 6.04 Å². The lowest BCUT2D eigenvalue weighted by atomic mass is 9.95. The maximum absolute atomic E-state index is 11.1. The molecule has 2 N–H and O–H groups in total. The van der Waals surface area contributed by atoms with E-state index in [-0.39, 0.29) is 11.7 Å². The van der Waals surface area contributed by atoms with Crippen molar-refractivity contribution in [1.29, 1.82) is 0 Å². The van der Waals surface area contributed by atoms with Crippen LogP contribution in [-0.2, 0) is 4.79 Å². The summed E-state index contributed by atoms with van der Waals surface area (Å²) in [4.78, 5) is 18.0. The van der Waals surface area contributed by atoms with Crippen molar-refractivity contribution < 1.29 is 4.79 Å². The molecule has 1 aliphatic carbocycles. The lowest BCUT2D eigenvalue weighted by Gasteiger charge is -2.33. The van der Waals surface area contributed by atoms with Crippen LogP contribution in [0.1, 0.15) is 32.1 Å². The van der Waals surface area contributed by atoms with Gasteiger partial charge in [-0.3, -0.25) is 4.79 Å². The number of aliphatic imine (C=N–C) groups is 1. The number of benzene rings is 1. The van der Waals surface area contributed by atoms with Gasteiger partial charge in [-0.15, -0.1) is 0 Å². The van der Waals surface area contributed by atoms with Gasteiger partial charge in [-0.1, -0.05) is 49.2 Å². The SMILES string of the molecule is CN(C(=Nc1ccccc1)SCC(N)=O)C1CCCCC1. The molecule has 2 rings (SSSR count). The number of amidine groups is 1. The van der Waals surface area contributed by atoms with Crippen LogP contribution in [0.2, 0.25) is 0 Å². The Labute approximate surface area is 130 Å². The second-order valence-electron chi connectivity index (χ2n) is 5.39. The normalized spacial score (nSPS) is 16.7. The Morgan fingerprint density at radius 1 is 1.29 bits per heavy atom. The van der Waals surface area contributed by atoms with Crippen LogP contribution in [0, 0.1) is 0 Å². The van der Waals surface area contributed by atoms with Gasteiger partial charge in [0.15, 0.2) is 5.17 Å². The van der Waals surface area contributed by atoms with E-state index in [9.17, 15) is 4.79 Å². The lowest BCUT2D eigenvalue weighted by Crippen LogP contribution is -2.37. The molecule has 1 aromatic carbocycles. The monoisotopic (exact) mass is 305 g/mol. The molecule has 0 bridgehead atoms. The molecule has 21 heavy (non-hydrogen) atoms. The van der Waals surface area contributed by atoms with E-state index in [0.717, 1.165) is 10.9 Å². The Balaban J connectivity index is 2.14. The average molecular weight is 305 g/mol. The fourth-order valence-corrected chi connectivity index (χ4v) is 3.38. The standard InChI is InChI=1S/C16H23N3OS/c1-19(14-10-6-3-7-11-14)16(21-12-15(17)20)18-13-8-4-2-5-9-13/h2,4-5,8-9,14H,3,6-7,10-12H2,1H3,(H2,17,20). The average Bonchev–Trinajstić information content (AvgIpc) is 2.52. The summed E-state index contributed by atoms with van der Waals surface area (Å²) in [5, 5.41) is 0.881. The molecule has 0 heterocycles. The summed E-state index contributed by atoms with van der Waals surface area (Å²) < 4.78 is 0. The Morgan fingerprint density at radius 2 is 1.95 bits per heavy atom. The number of hydrogen-bond donors (Lipinski definition) is 1. The summed E-state index contributed by atoms with van der Waals surface area (Å²) in [7, 11) is 2.08. The molecule has 1 amide bonds. The van der Waals surface area contributed by atoms with Crippen LogP contribution in [0.3, 0.4) is 0 Å². The quantitative estimate of drug-likeness (QED) is 0.686. The number of amides is 1. The first-order valence-electron chi connectivity index (χ1n) is 7.44. The fourth-order valence-electron chi connectivity index (χ4n) is 2.59. The smallest absolute Gasteiger partial charge is 0.227 e. The highest BCUT2D eigenvalue weighted by atomic mass is 32.2. The Bertz CT molecular complexity index is 484. The van der Waals surface area contributed by atoms with E-state index in [1.54, 1.807) is 0 Å². The van der Waals surface area contributed by atoms with Gasteiger partial charge in [0, 0.05) is 13.1 Å². The summed E-state index contributed by atoms with van der Waals surface area (Å²) in [6.45, 7) is 0. The Kier molecular flexibility index (Phi) is 6.11. The van der Waals surface area contributed by atoms with Crippen LogP contribution < -0.4 is 5.73 Å². The van der Waals surface area contributed by atoms with Crippen molar-refractivity contribution in [2.24, 2.45) is 10.7 Å². The molecule has 114 valence electrons. The first-order valence-corrected chi connectivity index (χ1v) is 8.43. The highest BCUT2D eigenvalue weighted by molar-refractivity contribution is 8.14. The van der Waals surface area contributed by atoms with Crippen LogP contribution >= 0.6 is 11.8 Å². The summed E-state index contributed by atoms with van der Waals surface area (Å²) in [5.74, 6) is -0.0410. The summed E-state index contributed by atoms with van der Waals surface area (Å²) >= 11 is 1.43. The van der Waals surface area contributed by atoms with Crippen molar-refractivity contribution in [2.45, 2.75) is 38.1 Å². The van der Waals surface area contributed by atoms with Crippen LogP contribution in [0.4, 0.5) is 5.69 Å². The summed E-state index contributed by atoms with van der Waals surface area (Å²) in [5.41, 5.74) is 6.19. The van der Waals surface area contributed by atoms with Crippen molar-refractivity contribution >= 4 is 28.5 Å². The molecule has 0 aromatic heterocycles. The zero-order chi connectivity index (χ0) is 15.1. The van der Waals surface area contributed by atoms with Crippen LogP contribution in [0.15, 0.2) is 35.3 Å². The van der Waals surface area contributed by atoms with E-state index >= 15 is 0 Å². The minimum Gasteiger partial charge on any atom is -0.369 e. The second-order valence-corrected chi connectivity index (χ2v) is 6.33. The fraction of sp³-hybridized carbons (Fsp3) is 0.500. The van der Waals surface area contributed by atoms with E-state index in [1.807, 2.05) is 30.3 Å². The van der Waals surface area contributed by atoms with Crippen molar-refractivity contribution in [3.05, 3.63) is 30.3 Å². The summed E-state index contributed by atoms with van der Waals surface area (Å²) in [6.07, 6.45) is 6.26. The highest BCUT2D eigenvalue weighted by Gasteiger charge is 2.21. The first kappa shape index (κ1) is 15.9. The molecule has 0 unspecified atom stereocenters. The minimum absolute atomic E-state index is 0.267. The number of carbonyl (C=O) groups excluding carboxylic acids is 1. The summed E-state index contributed by atoms with van der Waals surface area (Å²) in [6, 6.07) is 10.4. The first-order chi connectivity index (χ1) is 10.2. The molecule has 5 heteroatoms. The number of rotatable bonds is 4. The topological polar surface area (TPSA) is 58.7 Å². The number of nitrogens with zero attached hydrogens (tertiary/aromatic N) is 2. The molecular weight excluding hydrogens is 282 g/mol. The van der Waals surface area contributed by atoms with Gasteiger partial charge in [-0.2, -0.15) is 0 Å². The molecule has 4 nitrogen and oxygen atoms in total. The third-order valence-electron chi connectivity index (χ3n) is 3.75. The van der Waals surface area contributed by atoms with Crippen molar-refractivity contribution in [3.63, 3.8) is 0 Å². The predicted molar refractivity (Wildman–Crippen MR) is 89.8 cm³/mol. The molecule has 1 aromatic rings. The zero-order valence-electron chi connectivity index (χ0n) is 12.5. The number of hydrogen-bond acceptors (Lipinski definition) is 3. The second kappa shape index (κ2) is 8.08. The van der Waals surface area contributed by atoms with Crippen LogP contribution in [-0.4, -0.2) is 34.8 Å². The molecule has 1 fully saturated rings. The van der Waals surface area contributed by atoms with E-state index < -0.39 is 0 Å². The van der Waals surface area contributed by atoms with Crippen LogP contribution in [0.25, 0.3) is 0 Å². The third kappa shape index (κ3) is 5.08. The van der Waals surface area contributed by atoms with Gasteiger partial charge in [-0.25, -0.2) is 4.99 Å². The van der Waals surface area contributed by atoms with Gasteiger partial charge in [-0.05, 0) is 25.0 Å². The van der Waals surface area contributed by atoms with Gasteiger partial charge >= 0.3 is 0 Å². The van der Waals surface area contributed by atoms with Gasteiger partial charge < -0.3 is 10.6 Å². The van der Waals surface area contributed by atoms with Crippen LogP contribution in [0.5, 0.6) is 0 Å². The maximum Gasteiger partial charge on any atom is 0.227 e. The highest BCUT2D eigenvalue weighted by Crippen LogP contribution is 2.25. The Morgan fingerprint density at radius 3 is 2.57 bits per heavy atom. The third-order valence-corrected chi connectivity index (χ3v) is 4.81. The van der Waals surface area contributed by atoms with Gasteiger partial charge in [0.1, 0.15) is 0 Å². The van der Waals surface area contributed by atoms with Gasteiger partial charge in [0.2, 0.25) is 5.91 Å². The molecule has 0 saturated heterocycles. The van der Waals surface area contributed by atoms with E-state index in [2.05, 4.69) is 11.9 Å². The molecule has 0 radical (unpaired) electrons. The number of thioether (sulfide) groups is 1. The molecule has 1 aliphatic rings. The van der Waals surface area contributed by atoms with Gasteiger partial charge in [0.05, 0.1) is 11.4 Å². The van der Waals surface area contributed by atoms with E-state index in [4.69, 9.17) is 10.7 Å². The number of primary amides is 1. The van der Waals surface area contributed by atoms with Gasteiger partial charge in [0.25, 0.3) is 0 Å². The molecule has 1 saturated carbocycles. The van der Waals surface area contributed by atoms with Crippen molar-refractivity contribution in [2.75, 3.05) is 12.8 Å². The largest absolute Gasteiger partial charge is 0.369 e. The lowest BCUT2D eigenvalue weighted by molar-refractivity contribution is -0.115. The Hall–Kier alpha value is -1.49. The number of nitrogens with two attached hydrogens (primary N) is 1. The van der Waals surface area contributed by atoms with Crippen molar-refractivity contribution in [3.8, 4) is 0 Å². The predicted octanol–water partition coefficient (Wildman–Crippen LogP) is 3.16.